The Balaban J connectivity index is 0.997. The lowest BCUT2D eigenvalue weighted by Crippen LogP contribution is -2.37. The predicted octanol–water partition coefficient (Wildman–Crippen LogP) is 8.87. The third kappa shape index (κ3) is 7.67. The molecular weight excluding hydrogens is 647 g/mol. The lowest BCUT2D eigenvalue weighted by Gasteiger charge is -2.27. The van der Waals surface area contributed by atoms with Crippen molar-refractivity contribution in [3.05, 3.63) is 108 Å². The molecule has 1 unspecified atom stereocenters. The largest absolute Gasteiger partial charge is 0.445 e. The van der Waals surface area contributed by atoms with Gasteiger partial charge in [0.15, 0.2) is 0 Å². The highest BCUT2D eigenvalue weighted by molar-refractivity contribution is 5.72. The molecule has 7 rings (SSSR count). The smallest absolute Gasteiger partial charge is 0.411 e. The summed E-state index contributed by atoms with van der Waals surface area (Å²) in [7, 11) is 0. The Morgan fingerprint density at radius 1 is 0.745 bits per heavy atom. The molecule has 2 amide bonds. The Kier molecular flexibility index (Phi) is 9.37. The molecule has 2 saturated heterocycles. The highest BCUT2D eigenvalue weighted by atomic mass is 19.1. The lowest BCUT2D eigenvalue weighted by molar-refractivity contribution is 0.0211. The number of hydrogen-bond donors (Lipinski definition) is 2. The number of aromatic amines is 2. The van der Waals surface area contributed by atoms with Gasteiger partial charge in [0.2, 0.25) is 0 Å². The van der Waals surface area contributed by atoms with Gasteiger partial charge in [-0.25, -0.2) is 23.9 Å². The number of nitrogens with one attached hydrogen (secondary N) is 2. The minimum Gasteiger partial charge on any atom is -0.445 e. The molecule has 2 fully saturated rings. The zero-order valence-corrected chi connectivity index (χ0v) is 29.3. The fourth-order valence-electron chi connectivity index (χ4n) is 6.87. The van der Waals surface area contributed by atoms with Crippen molar-refractivity contribution in [3.8, 4) is 33.6 Å². The number of alkyl halides is 1. The number of H-pyrrole nitrogens is 2. The summed E-state index contributed by atoms with van der Waals surface area (Å²) in [6.45, 7) is 8.35. The molecule has 0 aliphatic carbocycles. The lowest BCUT2D eigenvalue weighted by atomic mass is 10.0. The summed E-state index contributed by atoms with van der Waals surface area (Å²) in [4.78, 5) is 45.0. The van der Waals surface area contributed by atoms with E-state index in [4.69, 9.17) is 9.47 Å². The van der Waals surface area contributed by atoms with Gasteiger partial charge in [-0.3, -0.25) is 9.80 Å². The Morgan fingerprint density at radius 2 is 1.25 bits per heavy atom. The highest BCUT2D eigenvalue weighted by Crippen LogP contribution is 2.37. The van der Waals surface area contributed by atoms with Crippen molar-refractivity contribution in [2.24, 2.45) is 5.92 Å². The third-order valence-electron chi connectivity index (χ3n) is 9.38. The number of rotatable bonds is 7. The second kappa shape index (κ2) is 14.0. The van der Waals surface area contributed by atoms with E-state index in [9.17, 15) is 14.0 Å². The first kappa shape index (κ1) is 34.0. The second-order valence-corrected chi connectivity index (χ2v) is 14.5. The van der Waals surface area contributed by atoms with E-state index >= 15 is 0 Å². The third-order valence-corrected chi connectivity index (χ3v) is 9.38. The molecule has 4 atom stereocenters. The summed E-state index contributed by atoms with van der Waals surface area (Å²) in [5.41, 5.74) is 5.97. The van der Waals surface area contributed by atoms with Crippen LogP contribution in [0.3, 0.4) is 0 Å². The molecule has 5 aromatic rings. The van der Waals surface area contributed by atoms with Crippen molar-refractivity contribution in [2.75, 3.05) is 13.1 Å². The van der Waals surface area contributed by atoms with Gasteiger partial charge < -0.3 is 19.4 Å². The van der Waals surface area contributed by atoms with Gasteiger partial charge in [0.1, 0.15) is 30.0 Å². The molecule has 0 radical (unpaired) electrons. The number of imidazole rings is 2. The summed E-state index contributed by atoms with van der Waals surface area (Å²) in [5.74, 6) is 1.62. The molecule has 2 N–H and O–H groups in total. The quantitative estimate of drug-likeness (QED) is 0.176. The molecule has 2 aromatic heterocycles. The number of carbonyl (C=O) groups excluding carboxylic acids is 2. The molecule has 10 nitrogen and oxygen atoms in total. The number of hydrogen-bond acceptors (Lipinski definition) is 6. The first-order chi connectivity index (χ1) is 24.5. The molecule has 51 heavy (non-hydrogen) atoms. The number of carbonyl (C=O) groups is 2. The second-order valence-electron chi connectivity index (χ2n) is 14.5. The maximum Gasteiger partial charge on any atom is 0.411 e. The Morgan fingerprint density at radius 3 is 1.80 bits per heavy atom. The van der Waals surface area contributed by atoms with Crippen molar-refractivity contribution < 1.29 is 23.5 Å². The topological polar surface area (TPSA) is 116 Å². The molecule has 2 aliphatic heterocycles. The van der Waals surface area contributed by atoms with Gasteiger partial charge in [-0.05, 0) is 60.9 Å². The van der Waals surface area contributed by atoms with Crippen LogP contribution in [0.25, 0.3) is 33.6 Å². The van der Waals surface area contributed by atoms with Gasteiger partial charge >= 0.3 is 12.2 Å². The van der Waals surface area contributed by atoms with Crippen LogP contribution in [0.2, 0.25) is 0 Å². The van der Waals surface area contributed by atoms with Crippen LogP contribution >= 0.6 is 0 Å². The molecule has 3 aromatic carbocycles. The molecule has 0 saturated carbocycles. The SMILES string of the molecule is CC1C[C@@H](c2ncc(-c3ccc(-c4ccc(-c5cnc([C@@H]6C[C@H](F)CN6C(=O)OC(C)(C)C)[nH]5)cc4)cc3)[nH]2)N(C(=O)OCc2ccccc2)C1. The van der Waals surface area contributed by atoms with Gasteiger partial charge in [0.25, 0.3) is 0 Å². The fraction of sp³-hybridized carbons (Fsp3) is 0.350. The van der Waals surface area contributed by atoms with Crippen LogP contribution in [-0.2, 0) is 16.1 Å². The summed E-state index contributed by atoms with van der Waals surface area (Å²) in [6, 6.07) is 25.4. The zero-order chi connectivity index (χ0) is 35.7. The summed E-state index contributed by atoms with van der Waals surface area (Å²) in [5, 5.41) is 0. The van der Waals surface area contributed by atoms with Crippen LogP contribution < -0.4 is 0 Å². The van der Waals surface area contributed by atoms with Crippen molar-refractivity contribution >= 4 is 12.2 Å². The van der Waals surface area contributed by atoms with E-state index in [1.807, 2.05) is 60.8 Å². The van der Waals surface area contributed by atoms with Crippen LogP contribution in [0.15, 0.2) is 91.3 Å². The van der Waals surface area contributed by atoms with E-state index in [-0.39, 0.29) is 31.7 Å². The van der Waals surface area contributed by atoms with E-state index in [0.717, 1.165) is 51.5 Å². The number of likely N-dealkylation sites (tertiary alicyclic amines) is 2. The van der Waals surface area contributed by atoms with E-state index in [0.29, 0.717) is 18.3 Å². The van der Waals surface area contributed by atoms with Crippen LogP contribution in [-0.4, -0.2) is 66.8 Å². The summed E-state index contributed by atoms with van der Waals surface area (Å²) >= 11 is 0. The van der Waals surface area contributed by atoms with Crippen LogP contribution in [0.5, 0.6) is 0 Å². The Bertz CT molecular complexity index is 1970. The Labute approximate surface area is 297 Å². The first-order valence-electron chi connectivity index (χ1n) is 17.4. The monoisotopic (exact) mass is 690 g/mol. The van der Waals surface area contributed by atoms with Gasteiger partial charge in [0, 0.05) is 13.0 Å². The molecule has 2 aliphatic rings. The van der Waals surface area contributed by atoms with Crippen molar-refractivity contribution in [1.82, 2.24) is 29.7 Å². The van der Waals surface area contributed by atoms with Crippen LogP contribution in [0, 0.1) is 5.92 Å². The van der Waals surface area contributed by atoms with Gasteiger partial charge in [-0.15, -0.1) is 0 Å². The summed E-state index contributed by atoms with van der Waals surface area (Å²) in [6.07, 6.45) is 2.51. The van der Waals surface area contributed by atoms with Crippen molar-refractivity contribution in [3.63, 3.8) is 0 Å². The average molecular weight is 691 g/mol. The number of halogens is 1. The minimum atomic E-state index is -1.14. The normalized spacial score (nSPS) is 20.5. The number of benzene rings is 3. The molecule has 264 valence electrons. The van der Waals surface area contributed by atoms with Crippen LogP contribution in [0.4, 0.5) is 14.0 Å². The first-order valence-corrected chi connectivity index (χ1v) is 17.4. The van der Waals surface area contributed by atoms with E-state index in [1.165, 1.54) is 4.90 Å². The van der Waals surface area contributed by atoms with Gasteiger partial charge in [-0.2, -0.15) is 0 Å². The van der Waals surface area contributed by atoms with E-state index in [2.05, 4.69) is 51.1 Å². The number of aromatic nitrogens is 4. The molecule has 0 bridgehead atoms. The average Bonchev–Trinajstić information content (AvgIpc) is 3.93. The minimum absolute atomic E-state index is 0.0188. The van der Waals surface area contributed by atoms with Crippen molar-refractivity contribution in [2.45, 2.75) is 71.0 Å². The fourth-order valence-corrected chi connectivity index (χ4v) is 6.87. The van der Waals surface area contributed by atoms with Gasteiger partial charge in [0.05, 0.1) is 42.4 Å². The maximum absolute atomic E-state index is 14.4. The summed E-state index contributed by atoms with van der Waals surface area (Å²) < 4.78 is 25.6. The standard InChI is InChI=1S/C40H43FN6O4/c1-25-18-34(46(22-25)38(48)50-24-26-8-6-5-7-9-26)36-42-20-32(44-36)29-14-10-27(11-15-29)28-12-16-30(17-13-28)33-21-43-37(45-33)35-19-31(41)23-47(35)39(49)51-40(2,3)4/h5-17,20-21,25,31,34-35H,18-19,22-24H2,1-4H3,(H,42,44)(H,43,45)/t25?,31-,34-,35-/m0/s1. The number of ether oxygens (including phenoxy) is 2. The van der Waals surface area contributed by atoms with E-state index in [1.54, 1.807) is 31.9 Å². The molecule has 0 spiro atoms. The van der Waals surface area contributed by atoms with Gasteiger partial charge in [-0.1, -0.05) is 85.8 Å². The molecule has 4 heterocycles. The Hall–Kier alpha value is -5.45. The van der Waals surface area contributed by atoms with Crippen LogP contribution in [0.1, 0.15) is 69.8 Å². The van der Waals surface area contributed by atoms with Crippen molar-refractivity contribution in [1.29, 1.82) is 0 Å². The molecular formula is C40H43FN6O4. The maximum atomic E-state index is 14.4. The number of nitrogens with zero attached hydrogens (tertiary/aromatic N) is 4. The number of amides is 2. The molecule has 11 heteroatoms. The zero-order valence-electron chi connectivity index (χ0n) is 29.3. The predicted molar refractivity (Wildman–Crippen MR) is 192 cm³/mol. The highest BCUT2D eigenvalue weighted by Gasteiger charge is 2.40. The van der Waals surface area contributed by atoms with E-state index < -0.39 is 23.9 Å².